The number of aromatic carboxylic acids is 5. The first-order valence-corrected chi connectivity index (χ1v) is 12.8. The van der Waals surface area contributed by atoms with E-state index in [-0.39, 0.29) is 69.7 Å². The van der Waals surface area contributed by atoms with Gasteiger partial charge in [0.1, 0.15) is 0 Å². The Bertz CT molecular complexity index is 1320. The molecule has 0 spiro atoms. The van der Waals surface area contributed by atoms with Crippen molar-refractivity contribution in [2.75, 3.05) is 0 Å². The van der Waals surface area contributed by atoms with Crippen LogP contribution in [0.5, 0.6) is 0 Å². The summed E-state index contributed by atoms with van der Waals surface area (Å²) in [4.78, 5) is 50.4. The molecule has 0 radical (unpaired) electrons. The molecule has 0 N–H and O–H groups in total. The molecule has 5 aromatic carbocycles. The van der Waals surface area contributed by atoms with Crippen LogP contribution in [0.3, 0.4) is 0 Å². The molecule has 0 saturated carbocycles. The molecule has 0 aliphatic rings. The zero-order valence-corrected chi connectivity index (χ0v) is 29.7. The SMILES string of the molecule is O=C([O-])c1ccccc1.O=C([O-])c1ccccc1.O=C([O-])c1ccccc1.O=C([O-])c1ccccc1.O=C([O-])c1ccccc1.[Au+3].[Zn+2]. The molecular formula is C35H25AuO10Zn. The number of hydrogen-bond donors (Lipinski definition) is 0. The van der Waals surface area contributed by atoms with Gasteiger partial charge in [0.05, 0.1) is 29.8 Å². The number of carboxylic acid groups (broad SMARTS) is 5. The van der Waals surface area contributed by atoms with Gasteiger partial charge in [-0.2, -0.15) is 0 Å². The van der Waals surface area contributed by atoms with E-state index in [0.29, 0.717) is 0 Å². The van der Waals surface area contributed by atoms with Crippen LogP contribution in [0.2, 0.25) is 0 Å². The van der Waals surface area contributed by atoms with Crippen LogP contribution in [0.15, 0.2) is 152 Å². The Labute approximate surface area is 299 Å². The molecule has 0 aliphatic carbocycles. The number of carbonyl (C=O) groups excluding carboxylic acids is 5. The van der Waals surface area contributed by atoms with Crippen LogP contribution >= 0.6 is 0 Å². The van der Waals surface area contributed by atoms with E-state index in [1.54, 1.807) is 91.0 Å². The summed E-state index contributed by atoms with van der Waals surface area (Å²) in [6.07, 6.45) is 0. The number of carbonyl (C=O) groups is 5. The van der Waals surface area contributed by atoms with E-state index in [4.69, 9.17) is 0 Å². The number of benzene rings is 5. The van der Waals surface area contributed by atoms with Crippen molar-refractivity contribution in [2.45, 2.75) is 0 Å². The smallest absolute Gasteiger partial charge is 0.545 e. The molecule has 0 amide bonds. The summed E-state index contributed by atoms with van der Waals surface area (Å²) in [6, 6.07) is 40.3. The molecule has 0 saturated heterocycles. The van der Waals surface area contributed by atoms with E-state index >= 15 is 0 Å². The van der Waals surface area contributed by atoms with Gasteiger partial charge >= 0.3 is 41.9 Å². The molecule has 0 fully saturated rings. The minimum Gasteiger partial charge on any atom is -0.545 e. The van der Waals surface area contributed by atoms with E-state index in [0.717, 1.165) is 0 Å². The first-order chi connectivity index (χ1) is 21.5. The molecule has 47 heavy (non-hydrogen) atoms. The molecule has 0 unspecified atom stereocenters. The topological polar surface area (TPSA) is 201 Å². The minimum atomic E-state index is -1.13. The molecular weight excluding hydrogens is 843 g/mol. The zero-order chi connectivity index (χ0) is 33.5. The fourth-order valence-corrected chi connectivity index (χ4v) is 2.87. The second-order valence-corrected chi connectivity index (χ2v) is 8.27. The van der Waals surface area contributed by atoms with Crippen LogP contribution in [0.1, 0.15) is 51.8 Å². The van der Waals surface area contributed by atoms with Crippen LogP contribution in [-0.2, 0) is 41.9 Å². The van der Waals surface area contributed by atoms with Gasteiger partial charge in [-0.1, -0.05) is 152 Å². The van der Waals surface area contributed by atoms with Crippen LogP contribution in [0, 0.1) is 0 Å². The summed E-state index contributed by atoms with van der Waals surface area (Å²) in [7, 11) is 0. The third kappa shape index (κ3) is 20.5. The van der Waals surface area contributed by atoms with Gasteiger partial charge in [-0.3, -0.25) is 0 Å². The Kier molecular flexibility index (Phi) is 24.4. The minimum absolute atomic E-state index is 0. The van der Waals surface area contributed by atoms with Crippen molar-refractivity contribution < 1.29 is 91.4 Å². The monoisotopic (exact) mass is 866 g/mol. The second kappa shape index (κ2) is 26.1. The summed E-state index contributed by atoms with van der Waals surface area (Å²) in [5.74, 6) is -5.65. The predicted molar refractivity (Wildman–Crippen MR) is 154 cm³/mol. The maximum absolute atomic E-state index is 10.1. The average molecular weight is 868 g/mol. The Morgan fingerprint density at radius 3 is 0.447 bits per heavy atom. The Morgan fingerprint density at radius 2 is 0.383 bits per heavy atom. The maximum Gasteiger partial charge on any atom is 3.00 e. The third-order valence-corrected chi connectivity index (χ3v) is 5.05. The van der Waals surface area contributed by atoms with Crippen molar-refractivity contribution in [1.82, 2.24) is 0 Å². The molecule has 5 aromatic rings. The van der Waals surface area contributed by atoms with Gasteiger partial charge in [0.2, 0.25) is 0 Å². The molecule has 12 heteroatoms. The van der Waals surface area contributed by atoms with Gasteiger partial charge in [-0.25, -0.2) is 0 Å². The van der Waals surface area contributed by atoms with E-state index < -0.39 is 29.8 Å². The van der Waals surface area contributed by atoms with Crippen LogP contribution in [-0.4, -0.2) is 29.8 Å². The Balaban J connectivity index is 0. The Hall–Kier alpha value is -5.19. The van der Waals surface area contributed by atoms with Gasteiger partial charge < -0.3 is 49.5 Å². The molecule has 0 heterocycles. The van der Waals surface area contributed by atoms with Gasteiger partial charge in [-0.05, 0) is 27.8 Å². The van der Waals surface area contributed by atoms with Crippen LogP contribution in [0.4, 0.5) is 0 Å². The van der Waals surface area contributed by atoms with Crippen molar-refractivity contribution in [3.05, 3.63) is 179 Å². The average Bonchev–Trinajstić information content (AvgIpc) is 3.08. The zero-order valence-electron chi connectivity index (χ0n) is 24.5. The van der Waals surface area contributed by atoms with E-state index in [1.165, 1.54) is 60.7 Å². The van der Waals surface area contributed by atoms with Crippen LogP contribution < -0.4 is 25.5 Å². The van der Waals surface area contributed by atoms with Crippen LogP contribution in [0.25, 0.3) is 0 Å². The molecule has 0 aliphatic heterocycles. The molecule has 5 rings (SSSR count). The first kappa shape index (κ1) is 43.9. The summed E-state index contributed by atoms with van der Waals surface area (Å²) in [5, 5.41) is 50.4. The van der Waals surface area contributed by atoms with E-state index in [1.807, 2.05) is 0 Å². The van der Waals surface area contributed by atoms with E-state index in [2.05, 4.69) is 0 Å². The van der Waals surface area contributed by atoms with Crippen molar-refractivity contribution in [2.24, 2.45) is 0 Å². The molecule has 0 atom stereocenters. The number of hydrogen-bond acceptors (Lipinski definition) is 10. The van der Waals surface area contributed by atoms with Gasteiger partial charge in [0.15, 0.2) is 0 Å². The van der Waals surface area contributed by atoms with Gasteiger partial charge in [0.25, 0.3) is 0 Å². The van der Waals surface area contributed by atoms with Crippen molar-refractivity contribution in [3.8, 4) is 0 Å². The fourth-order valence-electron chi connectivity index (χ4n) is 2.87. The third-order valence-electron chi connectivity index (χ3n) is 5.05. The molecule has 0 bridgehead atoms. The molecule has 0 aromatic heterocycles. The largest absolute Gasteiger partial charge is 3.00 e. The van der Waals surface area contributed by atoms with Crippen molar-refractivity contribution >= 4 is 29.8 Å². The predicted octanol–water partition coefficient (Wildman–Crippen LogP) is 0.246. The standard InChI is InChI=1S/5C7H6O2.Au.Zn/c5*8-7(9)6-4-2-1-3-5-6;;/h5*1-5H,(H,8,9);;/q;;;;;+3;+2/p-5. The number of rotatable bonds is 5. The summed E-state index contributed by atoms with van der Waals surface area (Å²) < 4.78 is 0. The molecule has 238 valence electrons. The summed E-state index contributed by atoms with van der Waals surface area (Å²) in [5.41, 5.74) is 1.10. The fraction of sp³-hybridized carbons (Fsp3) is 0. The quantitative estimate of drug-likeness (QED) is 0.221. The van der Waals surface area contributed by atoms with E-state index in [9.17, 15) is 49.5 Å². The second-order valence-electron chi connectivity index (χ2n) is 8.27. The van der Waals surface area contributed by atoms with Crippen molar-refractivity contribution in [1.29, 1.82) is 0 Å². The Morgan fingerprint density at radius 1 is 0.277 bits per heavy atom. The van der Waals surface area contributed by atoms with Gasteiger partial charge in [-0.15, -0.1) is 0 Å². The summed E-state index contributed by atoms with van der Waals surface area (Å²) >= 11 is 0. The maximum atomic E-state index is 10.1. The normalized spacial score (nSPS) is 8.51. The molecule has 10 nitrogen and oxygen atoms in total. The number of carboxylic acids is 5. The van der Waals surface area contributed by atoms with Gasteiger partial charge in [0, 0.05) is 0 Å². The summed E-state index contributed by atoms with van der Waals surface area (Å²) in [6.45, 7) is 0. The first-order valence-electron chi connectivity index (χ1n) is 12.8. The van der Waals surface area contributed by atoms with Crippen molar-refractivity contribution in [3.63, 3.8) is 0 Å².